The second kappa shape index (κ2) is 8.32. The molecule has 0 amide bonds. The van der Waals surface area contributed by atoms with Crippen molar-refractivity contribution in [3.63, 3.8) is 0 Å². The second-order valence-electron chi connectivity index (χ2n) is 6.67. The van der Waals surface area contributed by atoms with Crippen LogP contribution in [0.4, 0.5) is 0 Å². The molecule has 0 saturated carbocycles. The molecule has 2 nitrogen and oxygen atoms in total. The van der Waals surface area contributed by atoms with Crippen molar-refractivity contribution in [3.8, 4) is 43.7 Å². The predicted octanol–water partition coefficient (Wildman–Crippen LogP) is 8.57. The van der Waals surface area contributed by atoms with E-state index in [-0.39, 0.29) is 0 Å². The van der Waals surface area contributed by atoms with Crippen LogP contribution in [0, 0.1) is 0 Å². The van der Waals surface area contributed by atoms with Gasteiger partial charge in [-0.25, -0.2) is 9.97 Å². The average molecular weight is 465 g/mol. The van der Waals surface area contributed by atoms with Crippen LogP contribution < -0.4 is 0 Å². The molecule has 0 aliphatic carbocycles. The molecular weight excluding hydrogens is 451 g/mol. The largest absolute Gasteiger partial charge is 0.236 e. The fourth-order valence-corrected chi connectivity index (χ4v) is 5.01. The Labute approximate surface area is 192 Å². The van der Waals surface area contributed by atoms with Crippen LogP contribution in [0.1, 0.15) is 0 Å². The van der Waals surface area contributed by atoms with Crippen molar-refractivity contribution in [2.75, 3.05) is 0 Å². The Morgan fingerprint density at radius 3 is 1.40 bits per heavy atom. The first kappa shape index (κ1) is 19.5. The first-order chi connectivity index (χ1) is 14.7. The van der Waals surface area contributed by atoms with Gasteiger partial charge >= 0.3 is 0 Å². The third kappa shape index (κ3) is 4.05. The summed E-state index contributed by atoms with van der Waals surface area (Å²) in [6.07, 6.45) is 0. The molecule has 0 fully saturated rings. The summed E-state index contributed by atoms with van der Waals surface area (Å²) < 4.78 is 0. The highest BCUT2D eigenvalue weighted by molar-refractivity contribution is 7.14. The lowest BCUT2D eigenvalue weighted by Gasteiger charge is -2.01. The Hall–Kier alpha value is -2.50. The zero-order chi connectivity index (χ0) is 20.5. The molecule has 0 spiro atoms. The van der Waals surface area contributed by atoms with E-state index in [4.69, 9.17) is 33.2 Å². The maximum atomic E-state index is 5.99. The van der Waals surface area contributed by atoms with E-state index in [2.05, 4.69) is 35.0 Å². The maximum Gasteiger partial charge on any atom is 0.124 e. The van der Waals surface area contributed by atoms with Crippen LogP contribution in [0.5, 0.6) is 0 Å². The van der Waals surface area contributed by atoms with Crippen molar-refractivity contribution in [1.29, 1.82) is 0 Å². The third-order valence-electron chi connectivity index (χ3n) is 4.64. The van der Waals surface area contributed by atoms with Crippen LogP contribution in [0.25, 0.3) is 43.7 Å². The van der Waals surface area contributed by atoms with E-state index in [9.17, 15) is 0 Å². The summed E-state index contributed by atoms with van der Waals surface area (Å²) in [5.74, 6) is 0. The smallest absolute Gasteiger partial charge is 0.124 e. The lowest BCUT2D eigenvalue weighted by Crippen LogP contribution is -1.82. The Kier molecular flexibility index (Phi) is 5.40. The van der Waals surface area contributed by atoms with Crippen LogP contribution in [0.3, 0.4) is 0 Å². The fraction of sp³-hybridized carbons (Fsp3) is 0. The normalized spacial score (nSPS) is 11.0. The first-order valence-electron chi connectivity index (χ1n) is 9.19. The number of hydrogen-bond acceptors (Lipinski definition) is 4. The highest BCUT2D eigenvalue weighted by Gasteiger charge is 2.11. The zero-order valence-corrected chi connectivity index (χ0v) is 18.7. The molecule has 146 valence electrons. The van der Waals surface area contributed by atoms with Gasteiger partial charge in [-0.05, 0) is 30.3 Å². The van der Waals surface area contributed by atoms with E-state index >= 15 is 0 Å². The van der Waals surface area contributed by atoms with Gasteiger partial charge in [0.15, 0.2) is 0 Å². The molecule has 0 aliphatic rings. The van der Waals surface area contributed by atoms with Gasteiger partial charge in [0, 0.05) is 43.1 Å². The molecule has 0 atom stereocenters. The minimum Gasteiger partial charge on any atom is -0.236 e. The molecule has 0 aliphatic heterocycles. The van der Waals surface area contributed by atoms with Crippen LogP contribution in [0.2, 0.25) is 10.0 Å². The molecule has 0 saturated heterocycles. The number of nitrogens with zero attached hydrogens (tertiary/aromatic N) is 2. The minimum absolute atomic E-state index is 0.725. The molecule has 3 aromatic carbocycles. The van der Waals surface area contributed by atoms with Gasteiger partial charge in [-0.1, -0.05) is 65.7 Å². The number of halogens is 2. The SMILES string of the molecule is Clc1ccc(-c2csc(-c3cccc(-c4nc(-c5ccc(Cl)cc5)cs4)c3)n2)cc1. The molecule has 0 unspecified atom stereocenters. The first-order valence-corrected chi connectivity index (χ1v) is 11.7. The summed E-state index contributed by atoms with van der Waals surface area (Å²) >= 11 is 15.3. The standard InChI is InChI=1S/C24H14Cl2N2S2/c25-19-8-4-15(5-9-19)21-13-29-23(27-21)17-2-1-3-18(12-17)24-28-22(14-30-24)16-6-10-20(26)11-7-16/h1-14H. The van der Waals surface area contributed by atoms with Crippen molar-refractivity contribution in [1.82, 2.24) is 9.97 Å². The van der Waals surface area contributed by atoms with Crippen molar-refractivity contribution in [2.24, 2.45) is 0 Å². The van der Waals surface area contributed by atoms with E-state index in [0.717, 1.165) is 53.7 Å². The van der Waals surface area contributed by atoms with Crippen LogP contribution in [-0.4, -0.2) is 9.97 Å². The summed E-state index contributed by atoms with van der Waals surface area (Å²) in [6, 6.07) is 23.9. The summed E-state index contributed by atoms with van der Waals surface area (Å²) in [6.45, 7) is 0. The van der Waals surface area contributed by atoms with Gasteiger partial charge in [0.2, 0.25) is 0 Å². The summed E-state index contributed by atoms with van der Waals surface area (Å²) in [5, 5.41) is 7.57. The van der Waals surface area contributed by atoms with E-state index in [1.807, 2.05) is 48.5 Å². The Balaban J connectivity index is 1.44. The van der Waals surface area contributed by atoms with Crippen molar-refractivity contribution in [2.45, 2.75) is 0 Å². The molecule has 2 heterocycles. The highest BCUT2D eigenvalue weighted by atomic mass is 35.5. The van der Waals surface area contributed by atoms with Gasteiger partial charge in [-0.2, -0.15) is 0 Å². The molecule has 6 heteroatoms. The monoisotopic (exact) mass is 464 g/mol. The van der Waals surface area contributed by atoms with Crippen molar-refractivity contribution in [3.05, 3.63) is 93.6 Å². The fourth-order valence-electron chi connectivity index (χ4n) is 3.10. The Bertz CT molecular complexity index is 1210. The van der Waals surface area contributed by atoms with Gasteiger partial charge in [-0.3, -0.25) is 0 Å². The van der Waals surface area contributed by atoms with Crippen LogP contribution in [-0.2, 0) is 0 Å². The van der Waals surface area contributed by atoms with Gasteiger partial charge in [0.1, 0.15) is 10.0 Å². The summed E-state index contributed by atoms with van der Waals surface area (Å²) in [7, 11) is 0. The topological polar surface area (TPSA) is 25.8 Å². The minimum atomic E-state index is 0.725. The summed E-state index contributed by atoms with van der Waals surface area (Å²) in [5.41, 5.74) is 6.20. The highest BCUT2D eigenvalue weighted by Crippen LogP contribution is 2.34. The molecule has 5 aromatic rings. The van der Waals surface area contributed by atoms with Gasteiger partial charge < -0.3 is 0 Å². The van der Waals surface area contributed by atoms with E-state index in [1.165, 1.54) is 0 Å². The molecule has 2 aromatic heterocycles. The van der Waals surface area contributed by atoms with Crippen LogP contribution >= 0.6 is 45.9 Å². The number of aromatic nitrogens is 2. The summed E-state index contributed by atoms with van der Waals surface area (Å²) in [4.78, 5) is 9.64. The number of hydrogen-bond donors (Lipinski definition) is 0. The molecule has 0 bridgehead atoms. The lowest BCUT2D eigenvalue weighted by molar-refractivity contribution is 1.39. The van der Waals surface area contributed by atoms with E-state index in [0.29, 0.717) is 0 Å². The Morgan fingerprint density at radius 1 is 0.533 bits per heavy atom. The van der Waals surface area contributed by atoms with Gasteiger partial charge in [-0.15, -0.1) is 22.7 Å². The van der Waals surface area contributed by atoms with Crippen LogP contribution in [0.15, 0.2) is 83.6 Å². The average Bonchev–Trinajstić information content (AvgIpc) is 3.45. The maximum absolute atomic E-state index is 5.99. The van der Waals surface area contributed by atoms with E-state index < -0.39 is 0 Å². The molecule has 0 N–H and O–H groups in total. The van der Waals surface area contributed by atoms with E-state index in [1.54, 1.807) is 22.7 Å². The number of rotatable bonds is 4. The van der Waals surface area contributed by atoms with Gasteiger partial charge in [0.05, 0.1) is 11.4 Å². The third-order valence-corrected chi connectivity index (χ3v) is 6.93. The molecule has 5 rings (SSSR count). The molecule has 30 heavy (non-hydrogen) atoms. The quantitative estimate of drug-likeness (QED) is 0.266. The Morgan fingerprint density at radius 2 is 0.967 bits per heavy atom. The van der Waals surface area contributed by atoms with Crippen molar-refractivity contribution >= 4 is 45.9 Å². The predicted molar refractivity (Wildman–Crippen MR) is 130 cm³/mol. The lowest BCUT2D eigenvalue weighted by atomic mass is 10.1. The number of thiazole rings is 2. The zero-order valence-electron chi connectivity index (χ0n) is 15.5. The molecule has 0 radical (unpaired) electrons. The molecular formula is C24H14Cl2N2S2. The van der Waals surface area contributed by atoms with Crippen molar-refractivity contribution < 1.29 is 0 Å². The second-order valence-corrected chi connectivity index (χ2v) is 9.26. The van der Waals surface area contributed by atoms with Gasteiger partial charge in [0.25, 0.3) is 0 Å². The number of benzene rings is 3.